The van der Waals surface area contributed by atoms with Crippen molar-refractivity contribution in [1.82, 2.24) is 19.4 Å². The zero-order chi connectivity index (χ0) is 29.8. The van der Waals surface area contributed by atoms with E-state index in [-0.39, 0.29) is 35.0 Å². The first-order chi connectivity index (χ1) is 20.3. The van der Waals surface area contributed by atoms with Crippen LogP contribution >= 0.6 is 0 Å². The molecule has 2 aromatic carbocycles. The average Bonchev–Trinajstić information content (AvgIpc) is 3.52. The van der Waals surface area contributed by atoms with Crippen LogP contribution in [0.25, 0.3) is 11.3 Å². The maximum atomic E-state index is 15.1. The lowest BCUT2D eigenvalue weighted by atomic mass is 10.1. The first-order valence-electron chi connectivity index (χ1n) is 12.5. The number of carbonyl (C=O) groups excluding carboxylic acids is 1. The number of rotatable bonds is 8. The van der Waals surface area contributed by atoms with Gasteiger partial charge in [-0.1, -0.05) is 0 Å². The van der Waals surface area contributed by atoms with Crippen LogP contribution in [0.1, 0.15) is 23.0 Å². The SMILES string of the molecule is CCn1cc(C(=O)Nc2ccc(OC3=CC(c4cnco4)=CN/C3=C\C=N)c(F)c2)c(=O)n(-c2ccc(F)cc2)c1=O. The van der Waals surface area contributed by atoms with Gasteiger partial charge in [0.1, 0.15) is 11.4 Å². The van der Waals surface area contributed by atoms with Crippen LogP contribution in [0, 0.1) is 17.0 Å². The van der Waals surface area contributed by atoms with E-state index in [0.717, 1.165) is 39.7 Å². The molecule has 212 valence electrons. The molecule has 1 aliphatic heterocycles. The molecule has 0 atom stereocenters. The predicted octanol–water partition coefficient (Wildman–Crippen LogP) is 3.98. The van der Waals surface area contributed by atoms with Gasteiger partial charge in [-0.05, 0) is 55.5 Å². The van der Waals surface area contributed by atoms with E-state index in [1.165, 1.54) is 42.9 Å². The first-order valence-corrected chi connectivity index (χ1v) is 12.5. The van der Waals surface area contributed by atoms with Crippen molar-refractivity contribution in [3.63, 3.8) is 0 Å². The number of hydrogen-bond acceptors (Lipinski definition) is 8. The van der Waals surface area contributed by atoms with Gasteiger partial charge in [0.15, 0.2) is 29.5 Å². The first kappa shape index (κ1) is 27.7. The standard InChI is InChI=1S/C29H22F2N6O5/c1-2-36-15-21(28(39)37(29(36)40)20-6-3-18(30)4-7-20)27(38)35-19-5-8-24(22(31)12-19)42-25-11-17(26-14-33-16-41-26)13-34-23(25)9-10-32/h3-16,32,34H,2H2,1H3,(H,35,38)/b23-9-,32-10?. The molecule has 0 saturated heterocycles. The minimum absolute atomic E-state index is 0.0140. The van der Waals surface area contributed by atoms with Crippen molar-refractivity contribution in [1.29, 1.82) is 5.41 Å². The Labute approximate surface area is 236 Å². The molecule has 1 amide bonds. The molecule has 0 saturated carbocycles. The molecular weight excluding hydrogens is 550 g/mol. The van der Waals surface area contributed by atoms with Gasteiger partial charge < -0.3 is 25.2 Å². The van der Waals surface area contributed by atoms with Crippen LogP contribution in [0.5, 0.6) is 5.75 Å². The summed E-state index contributed by atoms with van der Waals surface area (Å²) in [6.07, 6.45) is 9.52. The second kappa shape index (κ2) is 11.7. The summed E-state index contributed by atoms with van der Waals surface area (Å²) >= 11 is 0. The molecule has 13 heteroatoms. The maximum absolute atomic E-state index is 15.1. The Morgan fingerprint density at radius 1 is 1.19 bits per heavy atom. The highest BCUT2D eigenvalue weighted by Crippen LogP contribution is 2.29. The van der Waals surface area contributed by atoms with E-state index in [9.17, 15) is 18.8 Å². The maximum Gasteiger partial charge on any atom is 0.335 e. The number of aryl methyl sites for hydroxylation is 1. The number of oxazole rings is 1. The fourth-order valence-electron chi connectivity index (χ4n) is 4.07. The number of amides is 1. The number of carbonyl (C=O) groups is 1. The van der Waals surface area contributed by atoms with Crippen LogP contribution in [0.15, 0.2) is 105 Å². The minimum atomic E-state index is -0.924. The Hall–Kier alpha value is -5.85. The van der Waals surface area contributed by atoms with Crippen molar-refractivity contribution in [2.75, 3.05) is 5.32 Å². The molecule has 0 bridgehead atoms. The Morgan fingerprint density at radius 2 is 1.98 bits per heavy atom. The zero-order valence-corrected chi connectivity index (χ0v) is 21.9. The van der Waals surface area contributed by atoms with Crippen LogP contribution in [-0.2, 0) is 6.54 Å². The Morgan fingerprint density at radius 3 is 2.64 bits per heavy atom. The van der Waals surface area contributed by atoms with Crippen LogP contribution in [0.3, 0.4) is 0 Å². The topological polar surface area (TPSA) is 144 Å². The smallest absolute Gasteiger partial charge is 0.335 e. The molecule has 1 aliphatic rings. The van der Waals surface area contributed by atoms with E-state index in [1.807, 2.05) is 0 Å². The largest absolute Gasteiger partial charge is 0.452 e. The number of allylic oxidation sites excluding steroid dienone is 3. The number of benzene rings is 2. The molecule has 42 heavy (non-hydrogen) atoms. The van der Waals surface area contributed by atoms with Crippen LogP contribution in [0.4, 0.5) is 14.5 Å². The fraction of sp³-hybridized carbons (Fsp3) is 0.0690. The minimum Gasteiger partial charge on any atom is -0.452 e. The quantitative estimate of drug-likeness (QED) is 0.271. The number of ether oxygens (including phenoxy) is 1. The highest BCUT2D eigenvalue weighted by atomic mass is 19.1. The van der Waals surface area contributed by atoms with Gasteiger partial charge in [0, 0.05) is 42.5 Å². The average molecular weight is 573 g/mol. The van der Waals surface area contributed by atoms with Gasteiger partial charge in [-0.15, -0.1) is 0 Å². The Kier molecular flexibility index (Phi) is 7.73. The van der Waals surface area contributed by atoms with Gasteiger partial charge in [0.2, 0.25) is 0 Å². The van der Waals surface area contributed by atoms with Crippen molar-refractivity contribution in [2.24, 2.45) is 0 Å². The summed E-state index contributed by atoms with van der Waals surface area (Å²) in [5.74, 6) is -1.84. The lowest BCUT2D eigenvalue weighted by Gasteiger charge is -2.19. The van der Waals surface area contributed by atoms with Gasteiger partial charge >= 0.3 is 5.69 Å². The van der Waals surface area contributed by atoms with Crippen molar-refractivity contribution in [3.05, 3.63) is 135 Å². The Balaban J connectivity index is 1.41. The summed E-state index contributed by atoms with van der Waals surface area (Å²) < 4.78 is 41.5. The molecule has 2 aromatic heterocycles. The van der Waals surface area contributed by atoms with E-state index in [4.69, 9.17) is 14.6 Å². The van der Waals surface area contributed by atoms with Gasteiger partial charge in [-0.3, -0.25) is 14.2 Å². The number of hydrogen-bond donors (Lipinski definition) is 3. The molecule has 0 radical (unpaired) electrons. The van der Waals surface area contributed by atoms with Crippen molar-refractivity contribution >= 4 is 23.4 Å². The van der Waals surface area contributed by atoms with Crippen LogP contribution in [0.2, 0.25) is 0 Å². The molecule has 5 rings (SSSR count). The lowest BCUT2D eigenvalue weighted by molar-refractivity contribution is 0.102. The molecule has 0 unspecified atom stereocenters. The molecule has 4 aromatic rings. The monoisotopic (exact) mass is 572 g/mol. The van der Waals surface area contributed by atoms with Gasteiger partial charge in [0.25, 0.3) is 11.5 Å². The van der Waals surface area contributed by atoms with E-state index < -0.39 is 28.8 Å². The van der Waals surface area contributed by atoms with Gasteiger partial charge in [0.05, 0.1) is 17.6 Å². The third-order valence-electron chi connectivity index (χ3n) is 6.14. The van der Waals surface area contributed by atoms with Crippen LogP contribution < -0.4 is 26.6 Å². The molecule has 0 spiro atoms. The predicted molar refractivity (Wildman–Crippen MR) is 149 cm³/mol. The normalized spacial score (nSPS) is 13.6. The molecule has 3 heterocycles. The summed E-state index contributed by atoms with van der Waals surface area (Å²) in [7, 11) is 0. The highest BCUT2D eigenvalue weighted by Gasteiger charge is 2.21. The molecular formula is C29H22F2N6O5. The number of dihydropyridines is 1. The van der Waals surface area contributed by atoms with Crippen molar-refractivity contribution in [2.45, 2.75) is 13.5 Å². The lowest BCUT2D eigenvalue weighted by Crippen LogP contribution is -2.42. The number of nitrogens with zero attached hydrogens (tertiary/aromatic N) is 3. The molecule has 11 nitrogen and oxygen atoms in total. The summed E-state index contributed by atoms with van der Waals surface area (Å²) in [6, 6.07) is 8.33. The molecule has 0 aliphatic carbocycles. The third kappa shape index (κ3) is 5.56. The molecule has 0 fully saturated rings. The van der Waals surface area contributed by atoms with E-state index in [0.29, 0.717) is 17.0 Å². The number of halogens is 2. The van der Waals surface area contributed by atoms with Crippen molar-refractivity contribution in [3.8, 4) is 11.4 Å². The second-order valence-electron chi connectivity index (χ2n) is 8.80. The Bertz CT molecular complexity index is 1890. The summed E-state index contributed by atoms with van der Waals surface area (Å²) in [4.78, 5) is 43.0. The zero-order valence-electron chi connectivity index (χ0n) is 21.9. The fourth-order valence-corrected chi connectivity index (χ4v) is 4.07. The van der Waals surface area contributed by atoms with E-state index in [2.05, 4.69) is 15.6 Å². The highest BCUT2D eigenvalue weighted by molar-refractivity contribution is 6.03. The number of nitrogens with one attached hydrogen (secondary N) is 3. The van der Waals surface area contributed by atoms with E-state index >= 15 is 4.39 Å². The second-order valence-corrected chi connectivity index (χ2v) is 8.80. The van der Waals surface area contributed by atoms with Gasteiger partial charge in [-0.2, -0.15) is 0 Å². The third-order valence-corrected chi connectivity index (χ3v) is 6.14. The summed E-state index contributed by atoms with van der Waals surface area (Å²) in [6.45, 7) is 1.80. The number of anilines is 1. The summed E-state index contributed by atoms with van der Waals surface area (Å²) in [5.41, 5.74) is -0.968. The molecule has 3 N–H and O–H groups in total. The van der Waals surface area contributed by atoms with Crippen LogP contribution in [-0.4, -0.2) is 26.2 Å². The van der Waals surface area contributed by atoms with Crippen molar-refractivity contribution < 1.29 is 22.7 Å². The number of aromatic nitrogens is 3. The summed E-state index contributed by atoms with van der Waals surface area (Å²) in [5, 5.41) is 12.8. The van der Waals surface area contributed by atoms with E-state index in [1.54, 1.807) is 19.2 Å². The van der Waals surface area contributed by atoms with Gasteiger partial charge in [-0.25, -0.2) is 23.1 Å².